The normalized spacial score (nSPS) is 22.8. The van der Waals surface area contributed by atoms with Crippen LogP contribution in [0, 0.1) is 5.41 Å². The maximum absolute atomic E-state index is 6.89. The topological polar surface area (TPSA) is 83.1 Å². The minimum Gasteiger partial charge on any atom is -0.376 e. The highest BCUT2D eigenvalue weighted by atomic mass is 35.5. The molecule has 4 heterocycles. The molecule has 5 rings (SSSR count). The Morgan fingerprint density at radius 1 is 1.27 bits per heavy atom. The van der Waals surface area contributed by atoms with Crippen LogP contribution in [0.2, 0.25) is 5.02 Å². The van der Waals surface area contributed by atoms with Crippen LogP contribution in [0.1, 0.15) is 25.3 Å². The summed E-state index contributed by atoms with van der Waals surface area (Å²) in [7, 11) is 2.07. The van der Waals surface area contributed by atoms with Crippen molar-refractivity contribution in [2.75, 3.05) is 51.0 Å². The number of ether oxygens (including phenoxy) is 1. The lowest BCUT2D eigenvalue weighted by Gasteiger charge is -2.41. The second-order valence-electron chi connectivity index (χ2n) is 9.90. The number of rotatable bonds is 7. The SMILES string of the molecule is C=C1c2c(ccc(Sc3cnc(N4CCC5(CC4)COC(C)C5N)cn3)c2Cl)N=CN1CCN(C)SC. The summed E-state index contributed by atoms with van der Waals surface area (Å²) in [5.74, 6) is 0.893. The van der Waals surface area contributed by atoms with E-state index in [9.17, 15) is 0 Å². The van der Waals surface area contributed by atoms with Gasteiger partial charge in [-0.3, -0.25) is 4.31 Å². The van der Waals surface area contributed by atoms with Gasteiger partial charge in [0.15, 0.2) is 0 Å². The molecule has 1 aromatic heterocycles. The second kappa shape index (κ2) is 11.1. The van der Waals surface area contributed by atoms with E-state index in [0.717, 1.165) is 78.3 Å². The summed E-state index contributed by atoms with van der Waals surface area (Å²) in [5.41, 5.74) is 9.12. The molecule has 37 heavy (non-hydrogen) atoms. The zero-order valence-electron chi connectivity index (χ0n) is 21.6. The fourth-order valence-corrected chi connectivity index (χ4v) is 6.59. The molecule has 3 aliphatic rings. The van der Waals surface area contributed by atoms with Gasteiger partial charge in [0.1, 0.15) is 10.8 Å². The van der Waals surface area contributed by atoms with Crippen LogP contribution >= 0.6 is 35.3 Å². The van der Waals surface area contributed by atoms with Gasteiger partial charge in [0, 0.05) is 53.8 Å². The van der Waals surface area contributed by atoms with E-state index in [1.807, 2.05) is 30.9 Å². The molecule has 2 saturated heterocycles. The van der Waals surface area contributed by atoms with Crippen LogP contribution in [0.4, 0.5) is 11.5 Å². The van der Waals surface area contributed by atoms with E-state index in [-0.39, 0.29) is 17.6 Å². The zero-order valence-corrected chi connectivity index (χ0v) is 24.0. The van der Waals surface area contributed by atoms with E-state index in [2.05, 4.69) is 45.9 Å². The smallest absolute Gasteiger partial charge is 0.147 e. The van der Waals surface area contributed by atoms with Crippen molar-refractivity contribution in [1.82, 2.24) is 19.2 Å². The molecule has 0 radical (unpaired) electrons. The first kappa shape index (κ1) is 26.8. The van der Waals surface area contributed by atoms with E-state index in [1.54, 1.807) is 11.9 Å². The maximum Gasteiger partial charge on any atom is 0.147 e. The average molecular weight is 560 g/mol. The van der Waals surface area contributed by atoms with Gasteiger partial charge in [0.05, 0.1) is 42.2 Å². The molecule has 2 fully saturated rings. The third-order valence-corrected chi connectivity index (χ3v) is 10.1. The van der Waals surface area contributed by atoms with Gasteiger partial charge in [-0.1, -0.05) is 41.9 Å². The number of halogens is 1. The molecule has 0 aliphatic carbocycles. The monoisotopic (exact) mass is 559 g/mol. The number of fused-ring (bicyclic) bond motifs is 1. The third-order valence-electron chi connectivity index (χ3n) is 7.78. The van der Waals surface area contributed by atoms with Crippen molar-refractivity contribution in [3.8, 4) is 0 Å². The van der Waals surface area contributed by atoms with Crippen molar-refractivity contribution < 1.29 is 4.74 Å². The number of nitrogens with zero attached hydrogens (tertiary/aromatic N) is 6. The van der Waals surface area contributed by atoms with Gasteiger partial charge in [-0.2, -0.15) is 0 Å². The van der Waals surface area contributed by atoms with E-state index < -0.39 is 0 Å². The van der Waals surface area contributed by atoms with Gasteiger partial charge in [0.25, 0.3) is 0 Å². The van der Waals surface area contributed by atoms with Gasteiger partial charge >= 0.3 is 0 Å². The summed E-state index contributed by atoms with van der Waals surface area (Å²) >= 11 is 10.1. The molecular formula is C26H34ClN7OS2. The number of likely N-dealkylation sites (N-methyl/N-ethyl adjacent to an activating group) is 1. The Hall–Kier alpha value is -1.82. The van der Waals surface area contributed by atoms with Gasteiger partial charge < -0.3 is 20.3 Å². The van der Waals surface area contributed by atoms with Crippen LogP contribution in [0.25, 0.3) is 5.70 Å². The van der Waals surface area contributed by atoms with Crippen LogP contribution in [0.15, 0.2) is 46.0 Å². The van der Waals surface area contributed by atoms with Crippen molar-refractivity contribution in [2.24, 2.45) is 16.1 Å². The molecule has 1 spiro atoms. The Labute approximate surface area is 232 Å². The molecule has 0 amide bonds. The van der Waals surface area contributed by atoms with Gasteiger partial charge in [-0.25, -0.2) is 15.0 Å². The Kier molecular flexibility index (Phi) is 8.04. The maximum atomic E-state index is 6.89. The van der Waals surface area contributed by atoms with Crippen LogP contribution in [-0.4, -0.2) is 83.7 Å². The van der Waals surface area contributed by atoms with Crippen LogP contribution in [-0.2, 0) is 4.74 Å². The van der Waals surface area contributed by atoms with Gasteiger partial charge in [-0.05, 0) is 45.2 Å². The van der Waals surface area contributed by atoms with E-state index in [1.165, 1.54) is 11.8 Å². The third kappa shape index (κ3) is 5.37. The number of nitrogens with two attached hydrogens (primary N) is 1. The summed E-state index contributed by atoms with van der Waals surface area (Å²) in [6.45, 7) is 10.6. The molecule has 1 aromatic carbocycles. The fraction of sp³-hybridized carbons (Fsp3) is 0.500. The molecule has 11 heteroatoms. The molecule has 0 saturated carbocycles. The summed E-state index contributed by atoms with van der Waals surface area (Å²) in [6.07, 6.45) is 9.73. The number of benzene rings is 1. The Balaban J connectivity index is 1.24. The number of aromatic nitrogens is 2. The molecule has 198 valence electrons. The average Bonchev–Trinajstić information content (AvgIpc) is 3.19. The van der Waals surface area contributed by atoms with E-state index >= 15 is 0 Å². The first-order valence-electron chi connectivity index (χ1n) is 12.5. The predicted octanol–water partition coefficient (Wildman–Crippen LogP) is 4.77. The highest BCUT2D eigenvalue weighted by molar-refractivity contribution is 7.99. The fourth-order valence-electron chi connectivity index (χ4n) is 5.18. The molecule has 8 nitrogen and oxygen atoms in total. The van der Waals surface area contributed by atoms with Crippen LogP contribution in [0.5, 0.6) is 0 Å². The van der Waals surface area contributed by atoms with E-state index in [4.69, 9.17) is 32.0 Å². The largest absolute Gasteiger partial charge is 0.376 e. The first-order chi connectivity index (χ1) is 17.8. The standard InChI is InChI=1S/C26H34ClN7OS2/c1-17-23-19(31-16-34(17)12-11-32(3)36-4)5-6-20(24(23)27)37-22-14-29-21(13-30-22)33-9-7-26(8-10-33)15-35-18(2)25(26)28/h5-6,13-14,16,18,25H,1,7-12,15,28H2,2-4H3. The number of hydrogen-bond donors (Lipinski definition) is 1. The predicted molar refractivity (Wildman–Crippen MR) is 155 cm³/mol. The summed E-state index contributed by atoms with van der Waals surface area (Å²) < 4.78 is 8.03. The lowest BCUT2D eigenvalue weighted by molar-refractivity contribution is 0.0974. The second-order valence-corrected chi connectivity index (χ2v) is 12.3. The number of hydrogen-bond acceptors (Lipinski definition) is 10. The molecule has 2 unspecified atom stereocenters. The minimum absolute atomic E-state index is 0.0941. The van der Waals surface area contributed by atoms with Crippen molar-refractivity contribution in [1.29, 1.82) is 0 Å². The highest BCUT2D eigenvalue weighted by Gasteiger charge is 2.47. The van der Waals surface area contributed by atoms with Crippen molar-refractivity contribution in [3.05, 3.63) is 41.7 Å². The Bertz CT molecular complexity index is 1170. The van der Waals surface area contributed by atoms with Crippen LogP contribution < -0.4 is 10.6 Å². The van der Waals surface area contributed by atoms with Crippen LogP contribution in [0.3, 0.4) is 0 Å². The quantitative estimate of drug-likeness (QED) is 0.482. The van der Waals surface area contributed by atoms with Crippen molar-refractivity contribution >= 4 is 58.9 Å². The number of aliphatic imine (C=N–C) groups is 1. The summed E-state index contributed by atoms with van der Waals surface area (Å²) in [4.78, 5) is 19.3. The van der Waals surface area contributed by atoms with E-state index in [0.29, 0.717) is 5.02 Å². The summed E-state index contributed by atoms with van der Waals surface area (Å²) in [5, 5.41) is 1.44. The highest BCUT2D eigenvalue weighted by Crippen LogP contribution is 2.44. The molecule has 2 aromatic rings. The molecule has 3 aliphatic heterocycles. The molecular weight excluding hydrogens is 526 g/mol. The van der Waals surface area contributed by atoms with Gasteiger partial charge in [-0.15, -0.1) is 0 Å². The molecule has 2 N–H and O–H groups in total. The van der Waals surface area contributed by atoms with Gasteiger partial charge in [0.2, 0.25) is 0 Å². The Morgan fingerprint density at radius 3 is 2.70 bits per heavy atom. The molecule has 2 atom stereocenters. The number of anilines is 1. The van der Waals surface area contributed by atoms with Crippen molar-refractivity contribution in [3.63, 3.8) is 0 Å². The molecule has 0 bridgehead atoms. The minimum atomic E-state index is 0.0941. The first-order valence-corrected chi connectivity index (χ1v) is 14.9. The van der Waals surface area contributed by atoms with Crippen molar-refractivity contribution in [2.45, 2.75) is 41.8 Å². The zero-order chi connectivity index (χ0) is 26.2. The lowest BCUT2D eigenvalue weighted by atomic mass is 9.73. The number of piperidine rings is 1. The lowest BCUT2D eigenvalue weighted by Crippen LogP contribution is -2.50. The Morgan fingerprint density at radius 2 is 2.05 bits per heavy atom. The summed E-state index contributed by atoms with van der Waals surface area (Å²) in [6, 6.07) is 4.08.